The molecule has 0 saturated heterocycles. The Morgan fingerprint density at radius 2 is 2.11 bits per heavy atom. The summed E-state index contributed by atoms with van der Waals surface area (Å²) in [6, 6.07) is 4.48. The Hall–Kier alpha value is -2.11. The van der Waals surface area contributed by atoms with Crippen molar-refractivity contribution in [3.05, 3.63) is 30.0 Å². The van der Waals surface area contributed by atoms with Gasteiger partial charge in [-0.15, -0.1) is 0 Å². The molecule has 0 amide bonds. The molecule has 1 aromatic heterocycles. The van der Waals surface area contributed by atoms with Crippen LogP contribution in [-0.2, 0) is 5.92 Å². The fraction of sp³-hybridized carbons (Fsp3) is 0.250. The molecule has 96 valence electrons. The number of alkyl halides is 2. The maximum Gasteiger partial charge on any atom is 0.271 e. The number of hydrogen-bond donors (Lipinski definition) is 2. The van der Waals surface area contributed by atoms with E-state index in [1.165, 1.54) is 25.4 Å². The van der Waals surface area contributed by atoms with Gasteiger partial charge in [0.15, 0.2) is 0 Å². The van der Waals surface area contributed by atoms with Crippen molar-refractivity contribution in [2.24, 2.45) is 0 Å². The molecule has 1 heterocycles. The van der Waals surface area contributed by atoms with E-state index in [0.29, 0.717) is 11.3 Å². The van der Waals surface area contributed by atoms with E-state index >= 15 is 0 Å². The molecule has 0 atom stereocenters. The van der Waals surface area contributed by atoms with Crippen LogP contribution in [0.2, 0.25) is 0 Å². The van der Waals surface area contributed by atoms with E-state index in [1.54, 1.807) is 6.07 Å². The van der Waals surface area contributed by atoms with Gasteiger partial charge in [0.2, 0.25) is 0 Å². The smallest absolute Gasteiger partial charge is 0.271 e. The molecule has 6 heteroatoms. The second-order valence-corrected chi connectivity index (χ2v) is 3.97. The molecule has 2 rings (SSSR count). The van der Waals surface area contributed by atoms with Gasteiger partial charge in [-0.05, 0) is 6.07 Å². The first-order chi connectivity index (χ1) is 8.45. The number of hydrogen-bond acceptors (Lipinski definition) is 3. The van der Waals surface area contributed by atoms with Crippen LogP contribution < -0.4 is 10.5 Å². The molecule has 0 aliphatic carbocycles. The summed E-state index contributed by atoms with van der Waals surface area (Å²) in [5, 5.41) is 6.27. The van der Waals surface area contributed by atoms with Gasteiger partial charge in [-0.2, -0.15) is 5.10 Å². The third-order valence-electron chi connectivity index (χ3n) is 2.66. The SMILES string of the molecule is COc1cccc(C(C)(F)F)c1-c1cn[nH]c1N. The molecular weight excluding hydrogens is 240 g/mol. The second kappa shape index (κ2) is 4.29. The van der Waals surface area contributed by atoms with Crippen molar-refractivity contribution in [1.82, 2.24) is 10.2 Å². The monoisotopic (exact) mass is 253 g/mol. The van der Waals surface area contributed by atoms with E-state index in [4.69, 9.17) is 10.5 Å². The Morgan fingerprint density at radius 3 is 2.61 bits per heavy atom. The number of benzene rings is 1. The second-order valence-electron chi connectivity index (χ2n) is 3.97. The van der Waals surface area contributed by atoms with Crippen LogP contribution >= 0.6 is 0 Å². The first-order valence-corrected chi connectivity index (χ1v) is 5.29. The molecule has 0 unspecified atom stereocenters. The Bertz CT molecular complexity index is 561. The van der Waals surface area contributed by atoms with Crippen molar-refractivity contribution in [1.29, 1.82) is 0 Å². The minimum Gasteiger partial charge on any atom is -0.496 e. The summed E-state index contributed by atoms with van der Waals surface area (Å²) in [5.41, 5.74) is 6.22. The van der Waals surface area contributed by atoms with Gasteiger partial charge in [0.25, 0.3) is 5.92 Å². The quantitative estimate of drug-likeness (QED) is 0.884. The molecule has 0 bridgehead atoms. The Labute approximate surface area is 103 Å². The number of methoxy groups -OCH3 is 1. The van der Waals surface area contributed by atoms with Crippen molar-refractivity contribution in [3.63, 3.8) is 0 Å². The standard InChI is InChI=1S/C12H13F2N3O/c1-12(13,14)8-4-3-5-9(18-2)10(8)7-6-16-17-11(7)15/h3-6H,1-2H3,(H3,15,16,17). The summed E-state index contributed by atoms with van der Waals surface area (Å²) >= 11 is 0. The number of nitrogen functional groups attached to an aromatic ring is 1. The lowest BCUT2D eigenvalue weighted by Crippen LogP contribution is -2.10. The van der Waals surface area contributed by atoms with Crippen LogP contribution in [0.15, 0.2) is 24.4 Å². The molecule has 0 spiro atoms. The van der Waals surface area contributed by atoms with E-state index in [-0.39, 0.29) is 16.9 Å². The van der Waals surface area contributed by atoms with Crippen molar-refractivity contribution in [2.45, 2.75) is 12.8 Å². The lowest BCUT2D eigenvalue weighted by atomic mass is 9.96. The zero-order valence-corrected chi connectivity index (χ0v) is 10.00. The van der Waals surface area contributed by atoms with Gasteiger partial charge in [0.1, 0.15) is 11.6 Å². The predicted octanol–water partition coefficient (Wildman–Crippen LogP) is 2.78. The van der Waals surface area contributed by atoms with Crippen LogP contribution in [0.3, 0.4) is 0 Å². The number of halogens is 2. The largest absolute Gasteiger partial charge is 0.496 e. The van der Waals surface area contributed by atoms with Gasteiger partial charge in [-0.3, -0.25) is 5.10 Å². The minimum absolute atomic E-state index is 0.144. The van der Waals surface area contributed by atoms with E-state index in [0.717, 1.165) is 6.92 Å². The Morgan fingerprint density at radius 1 is 1.39 bits per heavy atom. The highest BCUT2D eigenvalue weighted by Gasteiger charge is 2.30. The van der Waals surface area contributed by atoms with Crippen LogP contribution in [-0.4, -0.2) is 17.3 Å². The van der Waals surface area contributed by atoms with Gasteiger partial charge < -0.3 is 10.5 Å². The number of anilines is 1. The van der Waals surface area contributed by atoms with Crippen LogP contribution in [0.4, 0.5) is 14.6 Å². The average Bonchev–Trinajstić information content (AvgIpc) is 2.73. The zero-order valence-electron chi connectivity index (χ0n) is 10.00. The Kier molecular flexibility index (Phi) is 2.94. The number of H-pyrrole nitrogens is 1. The van der Waals surface area contributed by atoms with Gasteiger partial charge in [-0.25, -0.2) is 8.78 Å². The highest BCUT2D eigenvalue weighted by atomic mass is 19.3. The van der Waals surface area contributed by atoms with Crippen LogP contribution in [0, 0.1) is 0 Å². The molecule has 3 N–H and O–H groups in total. The number of nitrogens with one attached hydrogen (secondary N) is 1. The fourth-order valence-electron chi connectivity index (χ4n) is 1.84. The molecule has 1 aromatic carbocycles. The number of rotatable bonds is 3. The van der Waals surface area contributed by atoms with Crippen LogP contribution in [0.5, 0.6) is 5.75 Å². The molecule has 0 aliphatic heterocycles. The van der Waals surface area contributed by atoms with Gasteiger partial charge in [0, 0.05) is 23.6 Å². The molecular formula is C12H13F2N3O. The van der Waals surface area contributed by atoms with Crippen molar-refractivity contribution in [3.8, 4) is 16.9 Å². The molecule has 2 aromatic rings. The minimum atomic E-state index is -2.99. The summed E-state index contributed by atoms with van der Waals surface area (Å²) in [6.07, 6.45) is 1.41. The molecule has 0 aliphatic rings. The average molecular weight is 253 g/mol. The fourth-order valence-corrected chi connectivity index (χ4v) is 1.84. The van der Waals surface area contributed by atoms with Crippen molar-refractivity contribution < 1.29 is 13.5 Å². The highest BCUT2D eigenvalue weighted by Crippen LogP contribution is 2.42. The van der Waals surface area contributed by atoms with Gasteiger partial charge >= 0.3 is 0 Å². The van der Waals surface area contributed by atoms with Crippen molar-refractivity contribution in [2.75, 3.05) is 12.8 Å². The molecule has 0 radical (unpaired) electrons. The number of ether oxygens (including phenoxy) is 1. The highest BCUT2D eigenvalue weighted by molar-refractivity contribution is 5.81. The summed E-state index contributed by atoms with van der Waals surface area (Å²) in [6.45, 7) is 0.835. The predicted molar refractivity (Wildman–Crippen MR) is 64.6 cm³/mol. The van der Waals surface area contributed by atoms with Crippen molar-refractivity contribution >= 4 is 5.82 Å². The van der Waals surface area contributed by atoms with Crippen LogP contribution in [0.25, 0.3) is 11.1 Å². The molecule has 0 saturated carbocycles. The Balaban J connectivity index is 2.74. The summed E-state index contributed by atoms with van der Waals surface area (Å²) in [7, 11) is 1.42. The first kappa shape index (κ1) is 12.3. The zero-order chi connectivity index (χ0) is 13.3. The van der Waals surface area contributed by atoms with Crippen LogP contribution in [0.1, 0.15) is 12.5 Å². The summed E-state index contributed by atoms with van der Waals surface area (Å²) < 4.78 is 32.4. The molecule has 18 heavy (non-hydrogen) atoms. The molecule has 4 nitrogen and oxygen atoms in total. The van der Waals surface area contributed by atoms with E-state index < -0.39 is 5.92 Å². The van der Waals surface area contributed by atoms with Gasteiger partial charge in [-0.1, -0.05) is 12.1 Å². The normalized spacial score (nSPS) is 11.6. The number of nitrogens with zero attached hydrogens (tertiary/aromatic N) is 1. The maximum absolute atomic E-state index is 13.6. The lowest BCUT2D eigenvalue weighted by Gasteiger charge is -2.18. The van der Waals surface area contributed by atoms with E-state index in [1.807, 2.05) is 0 Å². The number of nitrogens with two attached hydrogens (primary N) is 1. The number of aromatic amines is 1. The van der Waals surface area contributed by atoms with E-state index in [9.17, 15) is 8.78 Å². The number of aromatic nitrogens is 2. The third-order valence-corrected chi connectivity index (χ3v) is 2.66. The first-order valence-electron chi connectivity index (χ1n) is 5.29. The van der Waals surface area contributed by atoms with E-state index in [2.05, 4.69) is 10.2 Å². The maximum atomic E-state index is 13.6. The third kappa shape index (κ3) is 2.01. The topological polar surface area (TPSA) is 63.9 Å². The lowest BCUT2D eigenvalue weighted by molar-refractivity contribution is 0.0179. The summed E-state index contributed by atoms with van der Waals surface area (Å²) in [5.74, 6) is -2.43. The molecule has 0 fully saturated rings. The summed E-state index contributed by atoms with van der Waals surface area (Å²) in [4.78, 5) is 0. The van der Waals surface area contributed by atoms with Gasteiger partial charge in [0.05, 0.1) is 13.3 Å².